The van der Waals surface area contributed by atoms with Gasteiger partial charge in [-0.15, -0.1) is 0 Å². The summed E-state index contributed by atoms with van der Waals surface area (Å²) in [7, 11) is 1.42. The number of fused-ring (bicyclic) bond motifs is 1. The molecule has 2 N–H and O–H groups in total. The van der Waals surface area contributed by atoms with Crippen molar-refractivity contribution in [1.29, 1.82) is 0 Å². The van der Waals surface area contributed by atoms with Crippen LogP contribution in [0.3, 0.4) is 0 Å². The Balaban J connectivity index is 1.21. The Morgan fingerprint density at radius 2 is 1.67 bits per heavy atom. The maximum Gasteiger partial charge on any atom is 0.259 e. The van der Waals surface area contributed by atoms with Crippen LogP contribution in [-0.2, 0) is 6.54 Å². The molecule has 7 rings (SSSR count). The number of pyridine rings is 1. The van der Waals surface area contributed by atoms with Crippen molar-refractivity contribution in [3.63, 3.8) is 0 Å². The maximum atomic E-state index is 14.4. The van der Waals surface area contributed by atoms with Crippen molar-refractivity contribution in [2.45, 2.75) is 20.4 Å². The summed E-state index contributed by atoms with van der Waals surface area (Å²) in [5.74, 6) is -1.86. The van der Waals surface area contributed by atoms with Gasteiger partial charge in [0.25, 0.3) is 5.91 Å². The number of para-hydroxylation sites is 1. The summed E-state index contributed by atoms with van der Waals surface area (Å²) in [4.78, 5) is 32.8. The summed E-state index contributed by atoms with van der Waals surface area (Å²) in [6, 6.07) is 22.1. The summed E-state index contributed by atoms with van der Waals surface area (Å²) in [5, 5.41) is 5.80. The van der Waals surface area contributed by atoms with E-state index in [2.05, 4.69) is 51.4 Å². The van der Waals surface area contributed by atoms with Crippen molar-refractivity contribution in [2.24, 2.45) is 0 Å². The lowest BCUT2D eigenvalue weighted by molar-refractivity contribution is 0.102. The van der Waals surface area contributed by atoms with Crippen molar-refractivity contribution in [3.8, 4) is 28.4 Å². The Morgan fingerprint density at radius 1 is 0.902 bits per heavy atom. The van der Waals surface area contributed by atoms with Crippen LogP contribution in [-0.4, -0.2) is 74.9 Å². The number of piperazine rings is 1. The Kier molecular flexibility index (Phi) is 9.69. The summed E-state index contributed by atoms with van der Waals surface area (Å²) in [6.45, 7) is 10.5. The molecule has 0 radical (unpaired) electrons. The van der Waals surface area contributed by atoms with E-state index in [1.54, 1.807) is 24.4 Å². The first-order chi connectivity index (χ1) is 24.8. The molecular weight excluding hydrogens is 650 g/mol. The Morgan fingerprint density at radius 3 is 2.43 bits per heavy atom. The smallest absolute Gasteiger partial charge is 0.259 e. The predicted octanol–water partition coefficient (Wildman–Crippen LogP) is 7.19. The molecule has 0 atom stereocenters. The van der Waals surface area contributed by atoms with Gasteiger partial charge in [-0.05, 0) is 79.2 Å². The molecule has 4 heterocycles. The van der Waals surface area contributed by atoms with Gasteiger partial charge in [-0.1, -0.05) is 31.2 Å². The van der Waals surface area contributed by atoms with Crippen LogP contribution in [0.5, 0.6) is 5.75 Å². The third kappa shape index (κ3) is 7.01. The molecule has 1 aliphatic heterocycles. The molecule has 0 bridgehead atoms. The van der Waals surface area contributed by atoms with Crippen molar-refractivity contribution in [3.05, 3.63) is 120 Å². The molecule has 10 nitrogen and oxygen atoms in total. The Hall–Kier alpha value is -5.72. The summed E-state index contributed by atoms with van der Waals surface area (Å²) >= 11 is 0. The first-order valence-electron chi connectivity index (χ1n) is 16.9. The molecule has 0 aliphatic carbocycles. The number of rotatable bonds is 10. The number of imidazole rings is 1. The van der Waals surface area contributed by atoms with Crippen LogP contribution >= 0.6 is 0 Å². The Labute approximate surface area is 294 Å². The number of ether oxygens (including phenoxy) is 1. The fourth-order valence-corrected chi connectivity index (χ4v) is 6.44. The number of halogens is 2. The number of carbonyl (C=O) groups excluding carboxylic acids is 1. The van der Waals surface area contributed by atoms with Crippen LogP contribution in [0, 0.1) is 18.6 Å². The SMILES string of the molecule is CCN1CCN(Cc2cccc(Nc3nccc(-c4c(-c5ccc(OC)c(C(=O)Nc6c(F)cccc6F)c5)nc5ccccn45)n3)c2C)CC1. The van der Waals surface area contributed by atoms with Gasteiger partial charge in [0.05, 0.1) is 29.8 Å². The van der Waals surface area contributed by atoms with Gasteiger partial charge in [0.1, 0.15) is 28.7 Å². The molecule has 0 saturated carbocycles. The van der Waals surface area contributed by atoms with Crippen molar-refractivity contribution in [1.82, 2.24) is 29.2 Å². The van der Waals surface area contributed by atoms with Crippen LogP contribution in [0.1, 0.15) is 28.4 Å². The minimum absolute atomic E-state index is 0.0771. The van der Waals surface area contributed by atoms with E-state index in [1.165, 1.54) is 18.7 Å². The van der Waals surface area contributed by atoms with E-state index in [-0.39, 0.29) is 11.3 Å². The molecule has 3 aromatic heterocycles. The molecule has 260 valence electrons. The minimum Gasteiger partial charge on any atom is -0.496 e. The first-order valence-corrected chi connectivity index (χ1v) is 16.9. The van der Waals surface area contributed by atoms with Gasteiger partial charge >= 0.3 is 0 Å². The van der Waals surface area contributed by atoms with E-state index in [9.17, 15) is 13.6 Å². The molecule has 1 fully saturated rings. The zero-order valence-corrected chi connectivity index (χ0v) is 28.7. The predicted molar refractivity (Wildman–Crippen MR) is 194 cm³/mol. The van der Waals surface area contributed by atoms with Gasteiger partial charge in [0.2, 0.25) is 5.95 Å². The molecule has 1 saturated heterocycles. The fourth-order valence-electron chi connectivity index (χ4n) is 6.44. The monoisotopic (exact) mass is 688 g/mol. The number of likely N-dealkylation sites (N-methyl/N-ethyl adjacent to an activating group) is 1. The molecule has 3 aromatic carbocycles. The third-order valence-corrected chi connectivity index (χ3v) is 9.35. The standard InChI is InChI=1S/C39H38F2N8O2/c1-4-47-19-21-48(22-20-47)24-27-9-7-12-31(25(27)2)43-39-42-17-16-32(44-39)37-35(45-34-13-5-6-18-49(34)37)26-14-15-33(51-3)28(23-26)38(50)46-36-29(40)10-8-11-30(36)41/h5-18,23H,4,19-22,24H2,1-3H3,(H,46,50)(H,42,43,44). The molecule has 51 heavy (non-hydrogen) atoms. The number of carbonyl (C=O) groups is 1. The van der Waals surface area contributed by atoms with Crippen LogP contribution in [0.15, 0.2) is 91.3 Å². The largest absolute Gasteiger partial charge is 0.496 e. The summed E-state index contributed by atoms with van der Waals surface area (Å²) in [6.07, 6.45) is 3.58. The van der Waals surface area contributed by atoms with Gasteiger partial charge in [-0.2, -0.15) is 0 Å². The second-order valence-corrected chi connectivity index (χ2v) is 12.4. The van der Waals surface area contributed by atoms with Crippen LogP contribution < -0.4 is 15.4 Å². The first kappa shape index (κ1) is 33.8. The van der Waals surface area contributed by atoms with E-state index in [0.29, 0.717) is 34.2 Å². The average molecular weight is 689 g/mol. The number of anilines is 3. The zero-order valence-electron chi connectivity index (χ0n) is 28.7. The number of amides is 1. The highest BCUT2D eigenvalue weighted by molar-refractivity contribution is 6.07. The van der Waals surface area contributed by atoms with Crippen molar-refractivity contribution in [2.75, 3.05) is 50.5 Å². The van der Waals surface area contributed by atoms with Crippen LogP contribution in [0.25, 0.3) is 28.3 Å². The minimum atomic E-state index is -0.887. The molecular formula is C39H38F2N8O2. The van der Waals surface area contributed by atoms with Crippen molar-refractivity contribution >= 4 is 28.9 Å². The molecule has 12 heteroatoms. The highest BCUT2D eigenvalue weighted by Gasteiger charge is 2.23. The second kappa shape index (κ2) is 14.6. The quantitative estimate of drug-likeness (QED) is 0.156. The average Bonchev–Trinajstić information content (AvgIpc) is 3.55. The molecule has 0 unspecified atom stereocenters. The van der Waals surface area contributed by atoms with E-state index >= 15 is 0 Å². The number of hydrogen-bond acceptors (Lipinski definition) is 8. The normalized spacial score (nSPS) is 13.7. The lowest BCUT2D eigenvalue weighted by Crippen LogP contribution is -2.45. The number of benzene rings is 3. The lowest BCUT2D eigenvalue weighted by Gasteiger charge is -2.34. The summed E-state index contributed by atoms with van der Waals surface area (Å²) in [5.41, 5.74) is 5.89. The lowest BCUT2D eigenvalue weighted by atomic mass is 10.0. The number of nitrogens with one attached hydrogen (secondary N) is 2. The fraction of sp³-hybridized carbons (Fsp3) is 0.231. The van der Waals surface area contributed by atoms with E-state index in [1.807, 2.05) is 40.9 Å². The van der Waals surface area contributed by atoms with E-state index in [4.69, 9.17) is 14.7 Å². The molecule has 1 aliphatic rings. The third-order valence-electron chi connectivity index (χ3n) is 9.35. The van der Waals surface area contributed by atoms with Gasteiger partial charge < -0.3 is 20.3 Å². The van der Waals surface area contributed by atoms with Gasteiger partial charge in [0, 0.05) is 56.4 Å². The highest BCUT2D eigenvalue weighted by Crippen LogP contribution is 2.35. The van der Waals surface area contributed by atoms with E-state index in [0.717, 1.165) is 62.7 Å². The maximum absolute atomic E-state index is 14.4. The Bertz CT molecular complexity index is 2190. The molecule has 0 spiro atoms. The molecule has 6 aromatic rings. The van der Waals surface area contributed by atoms with Gasteiger partial charge in [-0.25, -0.2) is 23.7 Å². The molecule has 1 amide bonds. The number of methoxy groups -OCH3 is 1. The van der Waals surface area contributed by atoms with Crippen LogP contribution in [0.2, 0.25) is 0 Å². The van der Waals surface area contributed by atoms with E-state index < -0.39 is 23.2 Å². The zero-order chi connectivity index (χ0) is 35.5. The van der Waals surface area contributed by atoms with Crippen molar-refractivity contribution < 1.29 is 18.3 Å². The number of aromatic nitrogens is 4. The highest BCUT2D eigenvalue weighted by atomic mass is 19.1. The number of nitrogens with zero attached hydrogens (tertiary/aromatic N) is 6. The topological polar surface area (TPSA) is 99.9 Å². The number of hydrogen-bond donors (Lipinski definition) is 2. The van der Waals surface area contributed by atoms with Gasteiger partial charge in [0.15, 0.2) is 0 Å². The summed E-state index contributed by atoms with van der Waals surface area (Å²) < 4.78 is 36.2. The van der Waals surface area contributed by atoms with Gasteiger partial charge in [-0.3, -0.25) is 14.1 Å². The second-order valence-electron chi connectivity index (χ2n) is 12.4. The van der Waals surface area contributed by atoms with Crippen LogP contribution in [0.4, 0.5) is 26.1 Å².